The quantitative estimate of drug-likeness (QED) is 0.835. The van der Waals surface area contributed by atoms with E-state index in [0.29, 0.717) is 11.4 Å². The maximum atomic E-state index is 11.9. The molecule has 0 spiro atoms. The Balaban J connectivity index is 2.24. The van der Waals surface area contributed by atoms with Gasteiger partial charge in [-0.3, -0.25) is 4.79 Å². The molecule has 0 aromatic carbocycles. The lowest BCUT2D eigenvalue weighted by molar-refractivity contribution is 0.102. The first kappa shape index (κ1) is 12.1. The molecule has 4 nitrogen and oxygen atoms in total. The van der Waals surface area contributed by atoms with E-state index < -0.39 is 0 Å². The molecule has 0 radical (unpaired) electrons. The zero-order valence-corrected chi connectivity index (χ0v) is 11.3. The number of pyridine rings is 1. The van der Waals surface area contributed by atoms with Crippen molar-refractivity contribution in [3.63, 3.8) is 0 Å². The van der Waals surface area contributed by atoms with Crippen molar-refractivity contribution in [2.24, 2.45) is 0 Å². The van der Waals surface area contributed by atoms with Crippen molar-refractivity contribution in [2.45, 2.75) is 6.92 Å². The molecule has 0 bridgehead atoms. The molecular weight excluding hydrogens is 305 g/mol. The van der Waals surface area contributed by atoms with Gasteiger partial charge in [0.2, 0.25) is 0 Å². The number of aromatic amines is 1. The maximum absolute atomic E-state index is 11.9. The van der Waals surface area contributed by atoms with Gasteiger partial charge in [-0.15, -0.1) is 0 Å². The molecule has 0 aliphatic heterocycles. The predicted octanol–water partition coefficient (Wildman–Crippen LogP) is 3.39. The van der Waals surface area contributed by atoms with Gasteiger partial charge in [-0.2, -0.15) is 0 Å². The minimum atomic E-state index is -0.256. The van der Waals surface area contributed by atoms with E-state index in [1.54, 1.807) is 24.5 Å². The highest BCUT2D eigenvalue weighted by atomic mass is 79.9. The van der Waals surface area contributed by atoms with Crippen LogP contribution in [0.2, 0.25) is 5.15 Å². The highest BCUT2D eigenvalue weighted by Gasteiger charge is 2.12. The number of anilines is 1. The summed E-state index contributed by atoms with van der Waals surface area (Å²) in [6.07, 6.45) is 3.28. The minimum absolute atomic E-state index is 0.256. The molecule has 6 heteroatoms. The largest absolute Gasteiger partial charge is 0.356 e. The van der Waals surface area contributed by atoms with Gasteiger partial charge in [0.25, 0.3) is 5.91 Å². The van der Waals surface area contributed by atoms with Crippen molar-refractivity contribution in [1.29, 1.82) is 0 Å². The maximum Gasteiger partial charge on any atom is 0.272 e. The molecule has 2 rings (SSSR count). The molecule has 2 aromatic rings. The van der Waals surface area contributed by atoms with Crippen molar-refractivity contribution < 1.29 is 4.79 Å². The summed E-state index contributed by atoms with van der Waals surface area (Å²) in [4.78, 5) is 18.6. The molecule has 17 heavy (non-hydrogen) atoms. The molecule has 1 amide bonds. The number of aryl methyl sites for hydroxylation is 1. The molecule has 0 saturated heterocycles. The highest BCUT2D eigenvalue weighted by Crippen LogP contribution is 2.23. The van der Waals surface area contributed by atoms with E-state index in [9.17, 15) is 4.79 Å². The number of aromatic nitrogens is 2. The first-order valence-electron chi connectivity index (χ1n) is 4.84. The summed E-state index contributed by atoms with van der Waals surface area (Å²) in [5.74, 6) is -0.256. The van der Waals surface area contributed by atoms with Crippen LogP contribution in [-0.4, -0.2) is 15.9 Å². The van der Waals surface area contributed by atoms with Crippen LogP contribution in [0.1, 0.15) is 16.1 Å². The number of amides is 1. The molecule has 0 aliphatic carbocycles. The van der Waals surface area contributed by atoms with Gasteiger partial charge >= 0.3 is 0 Å². The summed E-state index contributed by atoms with van der Waals surface area (Å²) in [6.45, 7) is 1.85. The fraction of sp³-hybridized carbons (Fsp3) is 0.0909. The van der Waals surface area contributed by atoms with Gasteiger partial charge in [-0.25, -0.2) is 4.98 Å². The van der Waals surface area contributed by atoms with E-state index in [2.05, 4.69) is 31.2 Å². The van der Waals surface area contributed by atoms with Crippen molar-refractivity contribution >= 4 is 39.1 Å². The Labute approximate surface area is 112 Å². The topological polar surface area (TPSA) is 57.8 Å². The van der Waals surface area contributed by atoms with E-state index in [1.165, 1.54) is 0 Å². The molecule has 0 unspecified atom stereocenters. The molecule has 2 N–H and O–H groups in total. The number of rotatable bonds is 2. The van der Waals surface area contributed by atoms with E-state index in [0.717, 1.165) is 10.0 Å². The standard InChI is InChI=1S/C11H9BrClN3O/c1-6-2-3-14-10(13)9(6)16-11(17)8-4-7(12)5-15-8/h2-5,15H,1H3,(H,16,17). The molecule has 0 atom stereocenters. The van der Waals surface area contributed by atoms with Crippen LogP contribution in [0.25, 0.3) is 0 Å². The van der Waals surface area contributed by atoms with E-state index in [4.69, 9.17) is 11.6 Å². The van der Waals surface area contributed by atoms with Gasteiger partial charge < -0.3 is 10.3 Å². The summed E-state index contributed by atoms with van der Waals surface area (Å²) in [5.41, 5.74) is 1.85. The lowest BCUT2D eigenvalue weighted by Crippen LogP contribution is -2.13. The molecule has 0 aliphatic rings. The normalized spacial score (nSPS) is 10.3. The minimum Gasteiger partial charge on any atom is -0.356 e. The Morgan fingerprint density at radius 1 is 1.59 bits per heavy atom. The predicted molar refractivity (Wildman–Crippen MR) is 70.4 cm³/mol. The second kappa shape index (κ2) is 4.89. The van der Waals surface area contributed by atoms with E-state index >= 15 is 0 Å². The van der Waals surface area contributed by atoms with Gasteiger partial charge in [-0.1, -0.05) is 11.6 Å². The average molecular weight is 315 g/mol. The summed E-state index contributed by atoms with van der Waals surface area (Å²) in [6, 6.07) is 3.47. The second-order valence-corrected chi connectivity index (χ2v) is 4.75. The van der Waals surface area contributed by atoms with Crippen molar-refractivity contribution in [1.82, 2.24) is 9.97 Å². The Morgan fingerprint density at radius 3 is 2.94 bits per heavy atom. The SMILES string of the molecule is Cc1ccnc(Cl)c1NC(=O)c1cc(Br)c[nH]1. The van der Waals surface area contributed by atoms with Crippen LogP contribution < -0.4 is 5.32 Å². The smallest absolute Gasteiger partial charge is 0.272 e. The molecule has 88 valence electrons. The monoisotopic (exact) mass is 313 g/mol. The Kier molecular flexibility index (Phi) is 3.49. The first-order chi connectivity index (χ1) is 8.08. The third kappa shape index (κ3) is 2.68. The Hall–Kier alpha value is -1.33. The van der Waals surface area contributed by atoms with Gasteiger partial charge in [0, 0.05) is 16.9 Å². The average Bonchev–Trinajstić information content (AvgIpc) is 2.70. The van der Waals surface area contributed by atoms with Crippen LogP contribution >= 0.6 is 27.5 Å². The lowest BCUT2D eigenvalue weighted by Gasteiger charge is -2.08. The number of H-pyrrole nitrogens is 1. The third-order valence-electron chi connectivity index (χ3n) is 2.24. The number of hydrogen-bond acceptors (Lipinski definition) is 2. The molecule has 0 saturated carbocycles. The fourth-order valence-electron chi connectivity index (χ4n) is 1.36. The molecule has 2 aromatic heterocycles. The number of nitrogens with zero attached hydrogens (tertiary/aromatic N) is 1. The van der Waals surface area contributed by atoms with Crippen LogP contribution in [0.4, 0.5) is 5.69 Å². The van der Waals surface area contributed by atoms with E-state index in [-0.39, 0.29) is 11.1 Å². The Bertz CT molecular complexity index is 547. The van der Waals surface area contributed by atoms with Gasteiger partial charge in [-0.05, 0) is 40.5 Å². The Morgan fingerprint density at radius 2 is 2.35 bits per heavy atom. The number of halogens is 2. The van der Waals surface area contributed by atoms with Crippen LogP contribution in [0, 0.1) is 6.92 Å². The van der Waals surface area contributed by atoms with Crippen LogP contribution in [0.3, 0.4) is 0 Å². The molecular formula is C11H9BrClN3O. The van der Waals surface area contributed by atoms with Crippen LogP contribution in [0.15, 0.2) is 29.0 Å². The fourth-order valence-corrected chi connectivity index (χ4v) is 1.95. The van der Waals surface area contributed by atoms with E-state index in [1.807, 2.05) is 6.92 Å². The summed E-state index contributed by atoms with van der Waals surface area (Å²) >= 11 is 9.19. The number of hydrogen-bond donors (Lipinski definition) is 2. The highest BCUT2D eigenvalue weighted by molar-refractivity contribution is 9.10. The third-order valence-corrected chi connectivity index (χ3v) is 2.99. The van der Waals surface area contributed by atoms with Crippen molar-refractivity contribution in [3.8, 4) is 0 Å². The summed E-state index contributed by atoms with van der Waals surface area (Å²) in [5, 5.41) is 3.00. The molecule has 0 fully saturated rings. The van der Waals surface area contributed by atoms with Gasteiger partial charge in [0.1, 0.15) is 5.69 Å². The number of carbonyl (C=O) groups is 1. The zero-order valence-electron chi connectivity index (χ0n) is 8.92. The number of carbonyl (C=O) groups excluding carboxylic acids is 1. The number of nitrogens with one attached hydrogen (secondary N) is 2. The van der Waals surface area contributed by atoms with Crippen LogP contribution in [-0.2, 0) is 0 Å². The van der Waals surface area contributed by atoms with Crippen molar-refractivity contribution in [2.75, 3.05) is 5.32 Å². The van der Waals surface area contributed by atoms with Gasteiger partial charge in [0.05, 0.1) is 5.69 Å². The zero-order chi connectivity index (χ0) is 12.4. The first-order valence-corrected chi connectivity index (χ1v) is 6.01. The van der Waals surface area contributed by atoms with Crippen molar-refractivity contribution in [3.05, 3.63) is 45.4 Å². The van der Waals surface area contributed by atoms with Crippen LogP contribution in [0.5, 0.6) is 0 Å². The second-order valence-electron chi connectivity index (χ2n) is 3.48. The summed E-state index contributed by atoms with van der Waals surface area (Å²) in [7, 11) is 0. The summed E-state index contributed by atoms with van der Waals surface area (Å²) < 4.78 is 0.816. The molecule has 2 heterocycles. The van der Waals surface area contributed by atoms with Gasteiger partial charge in [0.15, 0.2) is 5.15 Å². The lowest BCUT2D eigenvalue weighted by atomic mass is 10.2.